The van der Waals surface area contributed by atoms with Crippen LogP contribution >= 0.6 is 0 Å². The summed E-state index contributed by atoms with van der Waals surface area (Å²) in [7, 11) is -2.24. The van der Waals surface area contributed by atoms with Crippen LogP contribution in [-0.4, -0.2) is 15.5 Å². The molecule has 0 unspecified atom stereocenters. The summed E-state index contributed by atoms with van der Waals surface area (Å²) in [5.41, 5.74) is 1.33. The van der Waals surface area contributed by atoms with Crippen LogP contribution < -0.4 is 14.8 Å². The van der Waals surface area contributed by atoms with Gasteiger partial charge in [0.05, 0.1) is 12.0 Å². The maximum absolute atomic E-state index is 13.2. The van der Waals surface area contributed by atoms with Crippen molar-refractivity contribution in [3.63, 3.8) is 0 Å². The topological polar surface area (TPSA) is 67.4 Å². The lowest BCUT2D eigenvalue weighted by molar-refractivity contribution is 0.414. The molecule has 0 saturated heterocycles. The summed E-state index contributed by atoms with van der Waals surface area (Å²) in [5, 5.41) is 2.91. The van der Waals surface area contributed by atoms with E-state index >= 15 is 0 Å². The van der Waals surface area contributed by atoms with Gasteiger partial charge < -0.3 is 10.1 Å². The van der Waals surface area contributed by atoms with Gasteiger partial charge in [0.1, 0.15) is 5.75 Å². The van der Waals surface area contributed by atoms with Crippen LogP contribution in [0.15, 0.2) is 71.6 Å². The normalized spacial score (nSPS) is 11.1. The van der Waals surface area contributed by atoms with Crippen LogP contribution in [0.1, 0.15) is 0 Å². The van der Waals surface area contributed by atoms with Crippen molar-refractivity contribution in [3.05, 3.63) is 78.4 Å². The second kappa shape index (κ2) is 7.63. The summed E-state index contributed by atoms with van der Waals surface area (Å²) in [4.78, 5) is 0.104. The number of nitrogens with one attached hydrogen (secondary N) is 2. The molecule has 140 valence electrons. The Bertz CT molecular complexity index is 1040. The Morgan fingerprint density at radius 2 is 1.37 bits per heavy atom. The highest BCUT2D eigenvalue weighted by Gasteiger charge is 2.14. The van der Waals surface area contributed by atoms with E-state index in [2.05, 4.69) is 10.0 Å². The first kappa shape index (κ1) is 18.7. The zero-order valence-corrected chi connectivity index (χ0v) is 15.1. The van der Waals surface area contributed by atoms with E-state index in [1.165, 1.54) is 25.3 Å². The number of methoxy groups -OCH3 is 1. The van der Waals surface area contributed by atoms with Crippen LogP contribution in [0.25, 0.3) is 0 Å². The molecule has 0 aliphatic carbocycles. The Balaban J connectivity index is 1.71. The first-order valence-corrected chi connectivity index (χ1v) is 9.35. The second-order valence-electron chi connectivity index (χ2n) is 5.61. The molecule has 0 heterocycles. The number of hydrogen-bond donors (Lipinski definition) is 2. The number of halogens is 2. The Morgan fingerprint density at radius 3 is 1.96 bits per heavy atom. The maximum Gasteiger partial charge on any atom is 0.261 e. The number of sulfonamides is 1. The molecule has 0 bridgehead atoms. The minimum Gasteiger partial charge on any atom is -0.497 e. The lowest BCUT2D eigenvalue weighted by Crippen LogP contribution is -2.12. The largest absolute Gasteiger partial charge is 0.497 e. The van der Waals surface area contributed by atoms with Crippen molar-refractivity contribution < 1.29 is 21.9 Å². The van der Waals surface area contributed by atoms with Crippen LogP contribution in [0.3, 0.4) is 0 Å². The van der Waals surface area contributed by atoms with Crippen molar-refractivity contribution in [1.82, 2.24) is 0 Å². The molecule has 0 saturated carbocycles. The molecule has 0 radical (unpaired) electrons. The SMILES string of the molecule is COc1ccc(S(=O)(=O)Nc2ccc(Nc3ccc(F)c(F)c3)cc2)cc1. The summed E-state index contributed by atoms with van der Waals surface area (Å²) in [6.07, 6.45) is 0. The van der Waals surface area contributed by atoms with Crippen LogP contribution in [-0.2, 0) is 10.0 Å². The fourth-order valence-corrected chi connectivity index (χ4v) is 3.39. The van der Waals surface area contributed by atoms with Crippen molar-refractivity contribution in [2.75, 3.05) is 17.1 Å². The number of rotatable bonds is 6. The van der Waals surface area contributed by atoms with Crippen LogP contribution in [0.4, 0.5) is 25.8 Å². The van der Waals surface area contributed by atoms with Gasteiger partial charge >= 0.3 is 0 Å². The fourth-order valence-electron chi connectivity index (χ4n) is 2.33. The molecule has 0 aliphatic heterocycles. The van der Waals surface area contributed by atoms with E-state index in [4.69, 9.17) is 4.74 Å². The Morgan fingerprint density at radius 1 is 0.778 bits per heavy atom. The molecule has 0 fully saturated rings. The van der Waals surface area contributed by atoms with E-state index in [1.54, 1.807) is 36.4 Å². The first-order chi connectivity index (χ1) is 12.9. The second-order valence-corrected chi connectivity index (χ2v) is 7.29. The number of benzene rings is 3. The fraction of sp³-hybridized carbons (Fsp3) is 0.0526. The third-order valence-electron chi connectivity index (χ3n) is 3.72. The van der Waals surface area contributed by atoms with Crippen molar-refractivity contribution >= 4 is 27.1 Å². The molecule has 3 aromatic rings. The molecule has 27 heavy (non-hydrogen) atoms. The molecule has 0 spiro atoms. The zero-order chi connectivity index (χ0) is 19.4. The highest BCUT2D eigenvalue weighted by molar-refractivity contribution is 7.92. The Kier molecular flexibility index (Phi) is 5.27. The molecule has 3 aromatic carbocycles. The monoisotopic (exact) mass is 390 g/mol. The van der Waals surface area contributed by atoms with Gasteiger partial charge in [0.15, 0.2) is 11.6 Å². The number of anilines is 3. The standard InChI is InChI=1S/C19H16F2N2O3S/c1-26-16-7-9-17(10-8-16)27(24,25)23-14-4-2-13(3-5-14)22-15-6-11-18(20)19(21)12-15/h2-12,22-23H,1H3. The molecule has 0 amide bonds. The van der Waals surface area contributed by atoms with Gasteiger partial charge in [0, 0.05) is 23.1 Å². The van der Waals surface area contributed by atoms with Gasteiger partial charge in [-0.15, -0.1) is 0 Å². The molecule has 5 nitrogen and oxygen atoms in total. The van der Waals surface area contributed by atoms with Gasteiger partial charge in [-0.05, 0) is 60.7 Å². The number of ether oxygens (including phenoxy) is 1. The number of hydrogen-bond acceptors (Lipinski definition) is 4. The smallest absolute Gasteiger partial charge is 0.261 e. The van der Waals surface area contributed by atoms with Gasteiger partial charge in [0.25, 0.3) is 10.0 Å². The summed E-state index contributed by atoms with van der Waals surface area (Å²) in [6, 6.07) is 15.8. The molecule has 2 N–H and O–H groups in total. The molecular formula is C19H16F2N2O3S. The van der Waals surface area contributed by atoms with Crippen molar-refractivity contribution in [2.24, 2.45) is 0 Å². The van der Waals surface area contributed by atoms with Crippen LogP contribution in [0.2, 0.25) is 0 Å². The van der Waals surface area contributed by atoms with Gasteiger partial charge in [-0.1, -0.05) is 0 Å². The van der Waals surface area contributed by atoms with Crippen molar-refractivity contribution in [1.29, 1.82) is 0 Å². The zero-order valence-electron chi connectivity index (χ0n) is 14.2. The quantitative estimate of drug-likeness (QED) is 0.650. The van der Waals surface area contributed by atoms with E-state index in [-0.39, 0.29) is 4.90 Å². The highest BCUT2D eigenvalue weighted by atomic mass is 32.2. The van der Waals surface area contributed by atoms with Crippen LogP contribution in [0.5, 0.6) is 5.75 Å². The Labute approximate surface area is 155 Å². The summed E-state index contributed by atoms with van der Waals surface area (Å²) >= 11 is 0. The average molecular weight is 390 g/mol. The molecule has 0 aliphatic rings. The van der Waals surface area contributed by atoms with E-state index < -0.39 is 21.7 Å². The van der Waals surface area contributed by atoms with E-state index in [0.717, 1.165) is 12.1 Å². The average Bonchev–Trinajstić information content (AvgIpc) is 2.66. The highest BCUT2D eigenvalue weighted by Crippen LogP contribution is 2.23. The van der Waals surface area contributed by atoms with Crippen molar-refractivity contribution in [2.45, 2.75) is 4.90 Å². The molecule has 3 rings (SSSR count). The summed E-state index contributed by atoms with van der Waals surface area (Å²) in [5.74, 6) is -1.32. The third kappa shape index (κ3) is 4.53. The van der Waals surface area contributed by atoms with Gasteiger partial charge in [-0.3, -0.25) is 4.72 Å². The van der Waals surface area contributed by atoms with E-state index in [0.29, 0.717) is 22.8 Å². The lowest BCUT2D eigenvalue weighted by atomic mass is 10.2. The van der Waals surface area contributed by atoms with Crippen molar-refractivity contribution in [3.8, 4) is 5.75 Å². The van der Waals surface area contributed by atoms with Gasteiger partial charge in [-0.25, -0.2) is 17.2 Å². The van der Waals surface area contributed by atoms with Gasteiger partial charge in [0.2, 0.25) is 0 Å². The molecule has 0 aromatic heterocycles. The predicted octanol–water partition coefficient (Wildman–Crippen LogP) is 4.52. The molecule has 0 atom stereocenters. The molecular weight excluding hydrogens is 374 g/mol. The first-order valence-electron chi connectivity index (χ1n) is 7.86. The minimum absolute atomic E-state index is 0.104. The van der Waals surface area contributed by atoms with E-state index in [1.807, 2.05) is 0 Å². The Hall–Kier alpha value is -3.13. The maximum atomic E-state index is 13.2. The summed E-state index contributed by atoms with van der Waals surface area (Å²) < 4.78 is 58.5. The predicted molar refractivity (Wildman–Crippen MR) is 99.9 cm³/mol. The van der Waals surface area contributed by atoms with Crippen LogP contribution in [0, 0.1) is 11.6 Å². The van der Waals surface area contributed by atoms with E-state index in [9.17, 15) is 17.2 Å². The third-order valence-corrected chi connectivity index (χ3v) is 5.11. The van der Waals surface area contributed by atoms with Gasteiger partial charge in [-0.2, -0.15) is 0 Å². The molecule has 8 heteroatoms. The summed E-state index contributed by atoms with van der Waals surface area (Å²) in [6.45, 7) is 0. The lowest BCUT2D eigenvalue weighted by Gasteiger charge is -2.11. The minimum atomic E-state index is -3.74.